The summed E-state index contributed by atoms with van der Waals surface area (Å²) >= 11 is 0. The second-order valence-corrected chi connectivity index (χ2v) is 5.40. The summed E-state index contributed by atoms with van der Waals surface area (Å²) in [6, 6.07) is 0. The third kappa shape index (κ3) is 4.86. The Morgan fingerprint density at radius 3 is 1.76 bits per heavy atom. The normalized spacial score (nSPS) is 12.6. The molecule has 0 aromatic heterocycles. The van der Waals surface area contributed by atoms with Crippen molar-refractivity contribution >= 4 is 14.9 Å². The van der Waals surface area contributed by atoms with Crippen LogP contribution in [-0.4, -0.2) is 34.7 Å². The van der Waals surface area contributed by atoms with E-state index < -0.39 is 14.9 Å². The minimum atomic E-state index is -3.15. The maximum atomic E-state index is 10.8. The van der Waals surface area contributed by atoms with Gasteiger partial charge in [-0.3, -0.25) is 0 Å². The Morgan fingerprint density at radius 1 is 1.12 bits per heavy atom. The van der Waals surface area contributed by atoms with Crippen molar-refractivity contribution in [2.45, 2.75) is 27.7 Å². The smallest absolute Gasteiger partial charge is 0.412 e. The van der Waals surface area contributed by atoms with E-state index in [0.29, 0.717) is 19.8 Å². The molecule has 0 heterocycles. The van der Waals surface area contributed by atoms with Crippen molar-refractivity contribution in [3.63, 3.8) is 0 Å². The highest BCUT2D eigenvalue weighted by atomic mass is 28.4. The van der Waals surface area contributed by atoms with Crippen molar-refractivity contribution in [2.24, 2.45) is 5.73 Å². The molecule has 17 heavy (non-hydrogen) atoms. The second kappa shape index (κ2) is 8.23. The van der Waals surface area contributed by atoms with Crippen LogP contribution in [0, 0.1) is 0 Å². The van der Waals surface area contributed by atoms with Gasteiger partial charge >= 0.3 is 14.9 Å². The summed E-state index contributed by atoms with van der Waals surface area (Å²) < 4.78 is 21.6. The van der Waals surface area contributed by atoms with Gasteiger partial charge in [0.25, 0.3) is 0 Å². The summed E-state index contributed by atoms with van der Waals surface area (Å²) in [7, 11) is -3.15. The molecule has 6 nitrogen and oxygen atoms in total. The van der Waals surface area contributed by atoms with Gasteiger partial charge in [-0.25, -0.2) is 4.79 Å². The lowest BCUT2D eigenvalue weighted by Crippen LogP contribution is -2.50. The van der Waals surface area contributed by atoms with Crippen molar-refractivity contribution in [3.05, 3.63) is 11.5 Å². The van der Waals surface area contributed by atoms with Crippen LogP contribution < -0.4 is 5.73 Å². The predicted molar refractivity (Wildman–Crippen MR) is 65.1 cm³/mol. The molecular weight excluding hydrogens is 242 g/mol. The Balaban J connectivity index is 5.12. The molecule has 2 N–H and O–H groups in total. The van der Waals surface area contributed by atoms with Crippen LogP contribution in [-0.2, 0) is 18.0 Å². The molecule has 0 saturated carbocycles. The number of nitrogens with two attached hydrogens (primary N) is 1. The number of carbonyl (C=O) groups is 1. The third-order valence-electron chi connectivity index (χ3n) is 1.78. The predicted octanol–water partition coefficient (Wildman–Crippen LogP) is 1.57. The minimum absolute atomic E-state index is 0.232. The molecule has 0 aromatic carbocycles. The molecule has 7 heteroatoms. The molecule has 0 fully saturated rings. The highest BCUT2D eigenvalue weighted by molar-refractivity contribution is 6.68. The van der Waals surface area contributed by atoms with Crippen molar-refractivity contribution in [1.82, 2.24) is 0 Å². The number of hydrogen-bond donors (Lipinski definition) is 1. The first-order valence-corrected chi connectivity index (χ1v) is 7.34. The van der Waals surface area contributed by atoms with Crippen LogP contribution in [0.3, 0.4) is 0 Å². The van der Waals surface area contributed by atoms with Crippen LogP contribution in [0.2, 0.25) is 0 Å². The van der Waals surface area contributed by atoms with Crippen molar-refractivity contribution in [1.29, 1.82) is 0 Å². The Morgan fingerprint density at radius 2 is 1.53 bits per heavy atom. The summed E-state index contributed by atoms with van der Waals surface area (Å²) in [5, 5.41) is 0.232. The molecule has 0 radical (unpaired) electrons. The first-order valence-electron chi connectivity index (χ1n) is 5.62. The molecule has 0 rings (SSSR count). The number of allylic oxidation sites excluding steroid dienone is 1. The first kappa shape index (κ1) is 16.1. The number of hydrogen-bond acceptors (Lipinski definition) is 5. The molecule has 0 saturated heterocycles. The van der Waals surface area contributed by atoms with Gasteiger partial charge in [0.1, 0.15) is 0 Å². The minimum Gasteiger partial charge on any atom is -0.412 e. The lowest BCUT2D eigenvalue weighted by molar-refractivity contribution is 0.0640. The molecule has 0 spiro atoms. The number of carbonyl (C=O) groups excluding carboxylic acids is 1. The number of ether oxygens (including phenoxy) is 1. The lowest BCUT2D eigenvalue weighted by Gasteiger charge is -2.28. The fourth-order valence-electron chi connectivity index (χ4n) is 1.32. The molecule has 1 amide bonds. The Hall–Kier alpha value is -0.893. The summed E-state index contributed by atoms with van der Waals surface area (Å²) in [5.74, 6) is 0. The van der Waals surface area contributed by atoms with E-state index in [2.05, 4.69) is 0 Å². The highest BCUT2D eigenvalue weighted by Gasteiger charge is 2.48. The first-order chi connectivity index (χ1) is 8.06. The van der Waals surface area contributed by atoms with Crippen LogP contribution in [0.15, 0.2) is 11.5 Å². The quantitative estimate of drug-likeness (QED) is 0.531. The van der Waals surface area contributed by atoms with Gasteiger partial charge in [-0.15, -0.1) is 0 Å². The zero-order valence-corrected chi connectivity index (χ0v) is 11.8. The van der Waals surface area contributed by atoms with Crippen LogP contribution in [0.4, 0.5) is 4.79 Å². The number of primary amides is 1. The topological polar surface area (TPSA) is 80.0 Å². The maximum absolute atomic E-state index is 10.8. The summed E-state index contributed by atoms with van der Waals surface area (Å²) in [4.78, 5) is 10.8. The van der Waals surface area contributed by atoms with Crippen molar-refractivity contribution < 1.29 is 22.8 Å². The number of rotatable bonds is 8. The lowest BCUT2D eigenvalue weighted by atomic mass is 10.7. The maximum Gasteiger partial charge on any atom is 0.574 e. The molecule has 0 aliphatic heterocycles. The molecule has 100 valence electrons. The molecule has 0 aliphatic rings. The van der Waals surface area contributed by atoms with E-state index in [1.54, 1.807) is 13.0 Å². The van der Waals surface area contributed by atoms with Crippen molar-refractivity contribution in [3.8, 4) is 0 Å². The van der Waals surface area contributed by atoms with Crippen LogP contribution >= 0.6 is 0 Å². The molecule has 0 atom stereocenters. The van der Waals surface area contributed by atoms with Gasteiger partial charge in [-0.2, -0.15) is 0 Å². The Kier molecular flexibility index (Phi) is 7.80. The third-order valence-corrected chi connectivity index (χ3v) is 4.78. The molecule has 0 unspecified atom stereocenters. The average molecular weight is 263 g/mol. The van der Waals surface area contributed by atoms with Gasteiger partial charge in [0.2, 0.25) is 0 Å². The fraction of sp³-hybridized carbons (Fsp3) is 0.700. The van der Waals surface area contributed by atoms with E-state index in [-0.39, 0.29) is 5.38 Å². The van der Waals surface area contributed by atoms with Crippen LogP contribution in [0.5, 0.6) is 0 Å². The SMILES string of the molecule is C/C=C(/OC(N)=O)[Si](OCC)(OCC)OCC. The van der Waals surface area contributed by atoms with Gasteiger partial charge in [-0.05, 0) is 33.8 Å². The summed E-state index contributed by atoms with van der Waals surface area (Å²) in [6.45, 7) is 8.34. The molecular formula is C10H21NO5Si. The van der Waals surface area contributed by atoms with Crippen LogP contribution in [0.25, 0.3) is 0 Å². The molecule has 0 bridgehead atoms. The largest absolute Gasteiger partial charge is 0.574 e. The fourth-order valence-corrected chi connectivity index (χ4v) is 3.71. The van der Waals surface area contributed by atoms with Gasteiger partial charge < -0.3 is 23.7 Å². The summed E-state index contributed by atoms with van der Waals surface area (Å²) in [5.41, 5.74) is 5.01. The van der Waals surface area contributed by atoms with E-state index in [1.807, 2.05) is 20.8 Å². The number of amides is 1. The van der Waals surface area contributed by atoms with E-state index in [9.17, 15) is 4.79 Å². The highest BCUT2D eigenvalue weighted by Crippen LogP contribution is 2.21. The van der Waals surface area contributed by atoms with Gasteiger partial charge in [-0.1, -0.05) is 0 Å². The van der Waals surface area contributed by atoms with E-state index >= 15 is 0 Å². The zero-order valence-electron chi connectivity index (χ0n) is 10.8. The van der Waals surface area contributed by atoms with E-state index in [4.69, 9.17) is 23.7 Å². The van der Waals surface area contributed by atoms with Gasteiger partial charge in [0.05, 0.1) is 0 Å². The monoisotopic (exact) mass is 263 g/mol. The van der Waals surface area contributed by atoms with Crippen molar-refractivity contribution in [2.75, 3.05) is 19.8 Å². The Labute approximate surface area is 103 Å². The molecule has 0 aromatic rings. The van der Waals surface area contributed by atoms with Gasteiger partial charge in [0.15, 0.2) is 5.38 Å². The van der Waals surface area contributed by atoms with Crippen LogP contribution in [0.1, 0.15) is 27.7 Å². The Bertz CT molecular complexity index is 252. The van der Waals surface area contributed by atoms with E-state index in [0.717, 1.165) is 0 Å². The molecule has 0 aliphatic carbocycles. The second-order valence-electron chi connectivity index (χ2n) is 2.93. The van der Waals surface area contributed by atoms with Gasteiger partial charge in [0, 0.05) is 19.8 Å². The standard InChI is InChI=1S/C10H21NO5Si/c1-5-9(16-10(11)12)17(13-6-2,14-7-3)15-8-4/h5H,6-8H2,1-4H3,(H2,11,12)/b9-5-. The van der Waals surface area contributed by atoms with E-state index in [1.165, 1.54) is 0 Å². The summed E-state index contributed by atoms with van der Waals surface area (Å²) in [6.07, 6.45) is 0.673. The average Bonchev–Trinajstić information content (AvgIpc) is 2.26. The zero-order chi connectivity index (χ0) is 13.3.